The van der Waals surface area contributed by atoms with Gasteiger partial charge in [-0.1, -0.05) is 44.0 Å². The maximum absolute atomic E-state index is 4.57. The summed E-state index contributed by atoms with van der Waals surface area (Å²) in [6.45, 7) is 2.22. The summed E-state index contributed by atoms with van der Waals surface area (Å²) in [5, 5.41) is 4.57. The predicted molar refractivity (Wildman–Crippen MR) is 74.5 cm³/mol. The Kier molecular flexibility index (Phi) is 3.18. The first-order valence-electron chi connectivity index (χ1n) is 7.02. The van der Waals surface area contributed by atoms with E-state index in [2.05, 4.69) is 47.0 Å². The van der Waals surface area contributed by atoms with Crippen LogP contribution in [0, 0.1) is 0 Å². The lowest BCUT2D eigenvalue weighted by Gasteiger charge is -2.16. The third-order valence-electron chi connectivity index (χ3n) is 4.02. The van der Waals surface area contributed by atoms with Crippen molar-refractivity contribution in [1.29, 1.82) is 0 Å². The molecule has 2 aromatic rings. The highest BCUT2D eigenvalue weighted by atomic mass is 15.3. The Morgan fingerprint density at radius 1 is 1.17 bits per heavy atom. The van der Waals surface area contributed by atoms with Gasteiger partial charge in [-0.2, -0.15) is 5.10 Å². The van der Waals surface area contributed by atoms with Crippen LogP contribution in [0.15, 0.2) is 36.5 Å². The number of aryl methyl sites for hydroxylation is 1. The Morgan fingerprint density at radius 3 is 2.72 bits per heavy atom. The van der Waals surface area contributed by atoms with E-state index in [1.807, 2.05) is 6.20 Å². The van der Waals surface area contributed by atoms with Gasteiger partial charge in [0.15, 0.2) is 0 Å². The second-order valence-electron chi connectivity index (χ2n) is 5.11. The Balaban J connectivity index is 2.03. The van der Waals surface area contributed by atoms with Crippen molar-refractivity contribution in [2.75, 3.05) is 0 Å². The van der Waals surface area contributed by atoms with Crippen molar-refractivity contribution in [3.63, 3.8) is 0 Å². The quantitative estimate of drug-likeness (QED) is 0.785. The molecular formula is C16H20N2. The van der Waals surface area contributed by atoms with E-state index in [1.54, 1.807) is 0 Å². The molecule has 0 spiro atoms. The molecular weight excluding hydrogens is 220 g/mol. The number of hydrogen-bond donors (Lipinski definition) is 0. The van der Waals surface area contributed by atoms with Crippen molar-refractivity contribution in [3.05, 3.63) is 42.1 Å². The highest BCUT2D eigenvalue weighted by Gasteiger charge is 2.20. The maximum atomic E-state index is 4.57. The monoisotopic (exact) mass is 240 g/mol. The first-order valence-corrected chi connectivity index (χ1v) is 7.02. The molecule has 1 aromatic carbocycles. The van der Waals surface area contributed by atoms with E-state index >= 15 is 0 Å². The Hall–Kier alpha value is -1.57. The van der Waals surface area contributed by atoms with Crippen molar-refractivity contribution >= 4 is 0 Å². The minimum atomic E-state index is 0.611. The summed E-state index contributed by atoms with van der Waals surface area (Å²) >= 11 is 0. The minimum Gasteiger partial charge on any atom is -0.262 e. The molecule has 1 aliphatic rings. The molecule has 0 aliphatic heterocycles. The summed E-state index contributed by atoms with van der Waals surface area (Å²) in [7, 11) is 0. The van der Waals surface area contributed by atoms with Crippen LogP contribution in [0.1, 0.15) is 44.2 Å². The fourth-order valence-electron chi connectivity index (χ4n) is 3.05. The Morgan fingerprint density at radius 2 is 1.94 bits per heavy atom. The van der Waals surface area contributed by atoms with Gasteiger partial charge in [0.1, 0.15) is 0 Å². The Bertz CT molecular complexity index is 521. The molecule has 1 fully saturated rings. The lowest BCUT2D eigenvalue weighted by Crippen LogP contribution is -2.08. The number of hydrogen-bond acceptors (Lipinski definition) is 1. The van der Waals surface area contributed by atoms with Crippen molar-refractivity contribution in [1.82, 2.24) is 9.78 Å². The Labute approximate surface area is 109 Å². The van der Waals surface area contributed by atoms with E-state index in [0.29, 0.717) is 6.04 Å². The largest absolute Gasteiger partial charge is 0.262 e. The number of nitrogens with zero attached hydrogens (tertiary/aromatic N) is 2. The highest BCUT2D eigenvalue weighted by Crippen LogP contribution is 2.33. The molecule has 1 saturated carbocycles. The summed E-state index contributed by atoms with van der Waals surface area (Å²) in [5.41, 5.74) is 4.06. The van der Waals surface area contributed by atoms with Crippen molar-refractivity contribution in [3.8, 4) is 11.3 Å². The highest BCUT2D eigenvalue weighted by molar-refractivity contribution is 5.64. The molecule has 1 heterocycles. The number of rotatable bonds is 3. The summed E-state index contributed by atoms with van der Waals surface area (Å²) in [6.07, 6.45) is 8.27. The normalized spacial score (nSPS) is 16.3. The first-order chi connectivity index (χ1) is 8.90. The summed E-state index contributed by atoms with van der Waals surface area (Å²) < 4.78 is 2.25. The van der Waals surface area contributed by atoms with E-state index in [4.69, 9.17) is 0 Å². The van der Waals surface area contributed by atoms with E-state index in [-0.39, 0.29) is 0 Å². The molecule has 2 nitrogen and oxygen atoms in total. The average molecular weight is 240 g/mol. The van der Waals surface area contributed by atoms with Gasteiger partial charge in [-0.05, 0) is 30.9 Å². The zero-order valence-electron chi connectivity index (χ0n) is 11.0. The zero-order chi connectivity index (χ0) is 12.4. The topological polar surface area (TPSA) is 17.8 Å². The maximum Gasteiger partial charge on any atom is 0.0688 e. The van der Waals surface area contributed by atoms with Gasteiger partial charge in [-0.25, -0.2) is 0 Å². The van der Waals surface area contributed by atoms with Gasteiger partial charge in [0, 0.05) is 11.8 Å². The fourth-order valence-corrected chi connectivity index (χ4v) is 3.05. The molecule has 2 heteroatoms. The molecule has 0 N–H and O–H groups in total. The van der Waals surface area contributed by atoms with Gasteiger partial charge < -0.3 is 0 Å². The predicted octanol–water partition coefficient (Wildman–Crippen LogP) is 4.23. The molecule has 3 rings (SSSR count). The zero-order valence-corrected chi connectivity index (χ0v) is 11.0. The van der Waals surface area contributed by atoms with E-state index in [9.17, 15) is 0 Å². The molecule has 0 unspecified atom stereocenters. The third kappa shape index (κ3) is 1.96. The lowest BCUT2D eigenvalue weighted by atomic mass is 10.0. The van der Waals surface area contributed by atoms with Crippen LogP contribution in [0.2, 0.25) is 0 Å². The smallest absolute Gasteiger partial charge is 0.0688 e. The van der Waals surface area contributed by atoms with Crippen molar-refractivity contribution in [2.45, 2.75) is 45.1 Å². The van der Waals surface area contributed by atoms with Crippen molar-refractivity contribution < 1.29 is 0 Å². The van der Waals surface area contributed by atoms with E-state index in [0.717, 1.165) is 6.42 Å². The average Bonchev–Trinajstić information content (AvgIpc) is 3.09. The van der Waals surface area contributed by atoms with Crippen molar-refractivity contribution in [2.24, 2.45) is 0 Å². The number of aromatic nitrogens is 2. The van der Waals surface area contributed by atoms with Gasteiger partial charge in [0.25, 0.3) is 0 Å². The lowest BCUT2D eigenvalue weighted by molar-refractivity contribution is 0.472. The van der Waals surface area contributed by atoms with Crippen LogP contribution in [0.4, 0.5) is 0 Å². The molecule has 94 valence electrons. The second kappa shape index (κ2) is 4.97. The first kappa shape index (κ1) is 11.5. The van der Waals surface area contributed by atoms with Gasteiger partial charge in [-0.3, -0.25) is 4.68 Å². The van der Waals surface area contributed by atoms with Crippen LogP contribution in [-0.4, -0.2) is 9.78 Å². The second-order valence-corrected chi connectivity index (χ2v) is 5.11. The van der Waals surface area contributed by atoms with Gasteiger partial charge in [0.05, 0.1) is 11.7 Å². The summed E-state index contributed by atoms with van der Waals surface area (Å²) in [6, 6.07) is 11.5. The molecule has 0 bridgehead atoms. The van der Waals surface area contributed by atoms with Crippen LogP contribution in [0.3, 0.4) is 0 Å². The van der Waals surface area contributed by atoms with Gasteiger partial charge in [0.2, 0.25) is 0 Å². The van der Waals surface area contributed by atoms with Crippen LogP contribution in [0.5, 0.6) is 0 Å². The molecule has 0 atom stereocenters. The van der Waals surface area contributed by atoms with Gasteiger partial charge in [-0.15, -0.1) is 0 Å². The third-order valence-corrected chi connectivity index (χ3v) is 4.02. The fraction of sp³-hybridized carbons (Fsp3) is 0.438. The van der Waals surface area contributed by atoms with Crippen LogP contribution in [0.25, 0.3) is 11.3 Å². The molecule has 1 aromatic heterocycles. The van der Waals surface area contributed by atoms with Crippen LogP contribution in [-0.2, 0) is 6.42 Å². The van der Waals surface area contributed by atoms with E-state index < -0.39 is 0 Å². The molecule has 0 amide bonds. The number of benzene rings is 1. The van der Waals surface area contributed by atoms with Gasteiger partial charge >= 0.3 is 0 Å². The summed E-state index contributed by atoms with van der Waals surface area (Å²) in [4.78, 5) is 0. The standard InChI is InChI=1S/C16H20N2/c1-2-13-7-3-6-10-15(13)16-11-12-17-18(16)14-8-4-5-9-14/h3,6-7,10-12,14H,2,4-5,8-9H2,1H3. The van der Waals surface area contributed by atoms with Crippen LogP contribution >= 0.6 is 0 Å². The molecule has 0 saturated heterocycles. The molecule has 1 aliphatic carbocycles. The molecule has 0 radical (unpaired) electrons. The minimum absolute atomic E-state index is 0.611. The van der Waals surface area contributed by atoms with Crippen LogP contribution < -0.4 is 0 Å². The molecule has 18 heavy (non-hydrogen) atoms. The van der Waals surface area contributed by atoms with E-state index in [1.165, 1.54) is 42.5 Å². The summed E-state index contributed by atoms with van der Waals surface area (Å²) in [5.74, 6) is 0. The SMILES string of the molecule is CCc1ccccc1-c1ccnn1C1CCCC1.